The first-order chi connectivity index (χ1) is 7.75. The van der Waals surface area contributed by atoms with E-state index in [9.17, 15) is 0 Å². The van der Waals surface area contributed by atoms with Crippen LogP contribution in [-0.4, -0.2) is 15.0 Å². The van der Waals surface area contributed by atoms with E-state index in [2.05, 4.69) is 20.3 Å². The summed E-state index contributed by atoms with van der Waals surface area (Å²) in [6, 6.07) is 3.82. The normalized spacial score (nSPS) is 10.1. The van der Waals surface area contributed by atoms with Crippen molar-refractivity contribution >= 4 is 17.3 Å². The minimum atomic E-state index is 0.535. The van der Waals surface area contributed by atoms with Gasteiger partial charge in [-0.2, -0.15) is 0 Å². The zero-order valence-corrected chi connectivity index (χ0v) is 9.57. The number of halogens is 1. The zero-order chi connectivity index (χ0) is 11.4. The first kappa shape index (κ1) is 10.8. The maximum atomic E-state index is 5.84. The van der Waals surface area contributed by atoms with Gasteiger partial charge < -0.3 is 5.32 Å². The van der Waals surface area contributed by atoms with Gasteiger partial charge in [-0.25, -0.2) is 15.0 Å². The smallest absolute Gasteiger partial charge is 0.132 e. The molecule has 0 spiro atoms. The summed E-state index contributed by atoms with van der Waals surface area (Å²) in [5, 5.41) is 3.75. The fourth-order valence-electron chi connectivity index (χ4n) is 1.27. The minimum Gasteiger partial charge on any atom is -0.378 e. The summed E-state index contributed by atoms with van der Waals surface area (Å²) in [7, 11) is 0. The number of nitrogens with one attached hydrogen (secondary N) is 1. The summed E-state index contributed by atoms with van der Waals surface area (Å²) in [5.74, 6) is 0. The predicted molar refractivity (Wildman–Crippen MR) is 63.3 cm³/mol. The summed E-state index contributed by atoms with van der Waals surface area (Å²) >= 11 is 5.84. The predicted octanol–water partition coefficient (Wildman–Crippen LogP) is 2.45. The van der Waals surface area contributed by atoms with Crippen LogP contribution >= 0.6 is 11.6 Å². The number of aromatic nitrogens is 3. The van der Waals surface area contributed by atoms with Gasteiger partial charge >= 0.3 is 0 Å². The molecule has 0 atom stereocenters. The lowest BCUT2D eigenvalue weighted by atomic mass is 10.3. The third-order valence-electron chi connectivity index (χ3n) is 2.13. The number of rotatable bonds is 3. The van der Waals surface area contributed by atoms with Gasteiger partial charge in [0.15, 0.2) is 0 Å². The molecule has 2 aromatic rings. The highest BCUT2D eigenvalue weighted by Gasteiger charge is 1.99. The van der Waals surface area contributed by atoms with Gasteiger partial charge in [0, 0.05) is 6.20 Å². The van der Waals surface area contributed by atoms with E-state index in [1.54, 1.807) is 12.4 Å². The Balaban J connectivity index is 2.03. The number of nitrogens with zero attached hydrogens (tertiary/aromatic N) is 3. The Morgan fingerprint density at radius 2 is 2.25 bits per heavy atom. The van der Waals surface area contributed by atoms with E-state index >= 15 is 0 Å². The van der Waals surface area contributed by atoms with Crippen molar-refractivity contribution in [3.63, 3.8) is 0 Å². The van der Waals surface area contributed by atoms with Gasteiger partial charge in [-0.3, -0.25) is 0 Å². The molecule has 5 heteroatoms. The quantitative estimate of drug-likeness (QED) is 0.829. The molecule has 0 fully saturated rings. The fraction of sp³-hybridized carbons (Fsp3) is 0.182. The van der Waals surface area contributed by atoms with Crippen molar-refractivity contribution in [3.8, 4) is 0 Å². The summed E-state index contributed by atoms with van der Waals surface area (Å²) in [5.41, 5.74) is 2.82. The molecule has 0 saturated carbocycles. The third-order valence-corrected chi connectivity index (χ3v) is 2.53. The molecule has 0 amide bonds. The van der Waals surface area contributed by atoms with Crippen molar-refractivity contribution in [1.29, 1.82) is 0 Å². The molecule has 0 bridgehead atoms. The SMILES string of the molecule is Cc1cc(NCc2ccncn2)cnc1Cl. The van der Waals surface area contributed by atoms with E-state index in [1.807, 2.05) is 19.1 Å². The lowest BCUT2D eigenvalue weighted by Crippen LogP contribution is -2.02. The highest BCUT2D eigenvalue weighted by molar-refractivity contribution is 6.30. The maximum Gasteiger partial charge on any atom is 0.132 e. The third kappa shape index (κ3) is 2.67. The van der Waals surface area contributed by atoms with Crippen molar-refractivity contribution in [2.75, 3.05) is 5.32 Å². The van der Waals surface area contributed by atoms with E-state index in [4.69, 9.17) is 11.6 Å². The molecule has 1 N–H and O–H groups in total. The van der Waals surface area contributed by atoms with Gasteiger partial charge in [0.25, 0.3) is 0 Å². The maximum absolute atomic E-state index is 5.84. The summed E-state index contributed by atoms with van der Waals surface area (Å²) < 4.78 is 0. The Morgan fingerprint density at radius 3 is 2.94 bits per heavy atom. The molecule has 0 saturated heterocycles. The summed E-state index contributed by atoms with van der Waals surface area (Å²) in [6.07, 6.45) is 4.95. The highest BCUT2D eigenvalue weighted by Crippen LogP contribution is 2.16. The Bertz CT molecular complexity index is 473. The van der Waals surface area contributed by atoms with Crippen LogP contribution in [0.15, 0.2) is 30.9 Å². The second kappa shape index (κ2) is 4.90. The van der Waals surface area contributed by atoms with Crippen molar-refractivity contribution in [3.05, 3.63) is 47.3 Å². The van der Waals surface area contributed by atoms with Crippen LogP contribution in [0.2, 0.25) is 5.15 Å². The van der Waals surface area contributed by atoms with Crippen molar-refractivity contribution < 1.29 is 0 Å². The van der Waals surface area contributed by atoms with Crippen LogP contribution in [0.4, 0.5) is 5.69 Å². The highest BCUT2D eigenvalue weighted by atomic mass is 35.5. The first-order valence-corrected chi connectivity index (χ1v) is 5.24. The van der Waals surface area contributed by atoms with Gasteiger partial charge in [-0.1, -0.05) is 11.6 Å². The molecule has 2 aromatic heterocycles. The van der Waals surface area contributed by atoms with Crippen molar-refractivity contribution in [2.24, 2.45) is 0 Å². The second-order valence-corrected chi connectivity index (χ2v) is 3.74. The minimum absolute atomic E-state index is 0.535. The van der Waals surface area contributed by atoms with E-state index in [0.29, 0.717) is 11.7 Å². The Morgan fingerprint density at radius 1 is 1.38 bits per heavy atom. The Labute approximate surface area is 98.7 Å². The first-order valence-electron chi connectivity index (χ1n) is 4.86. The molecular formula is C11H11ClN4. The molecule has 82 valence electrons. The molecule has 0 aromatic carbocycles. The van der Waals surface area contributed by atoms with Gasteiger partial charge in [-0.15, -0.1) is 0 Å². The van der Waals surface area contributed by atoms with Gasteiger partial charge in [0.1, 0.15) is 11.5 Å². The van der Waals surface area contributed by atoms with E-state index in [-0.39, 0.29) is 0 Å². The molecular weight excluding hydrogens is 224 g/mol. The Hall–Kier alpha value is -1.68. The largest absolute Gasteiger partial charge is 0.378 e. The van der Waals surface area contributed by atoms with Crippen LogP contribution in [0, 0.1) is 6.92 Å². The number of pyridine rings is 1. The van der Waals surface area contributed by atoms with Gasteiger partial charge in [0.2, 0.25) is 0 Å². The molecule has 2 rings (SSSR count). The van der Waals surface area contributed by atoms with Crippen LogP contribution in [0.5, 0.6) is 0 Å². The lowest BCUT2D eigenvalue weighted by molar-refractivity contribution is 1.00. The average molecular weight is 235 g/mol. The molecule has 0 unspecified atom stereocenters. The van der Waals surface area contributed by atoms with Crippen molar-refractivity contribution in [1.82, 2.24) is 15.0 Å². The van der Waals surface area contributed by atoms with Gasteiger partial charge in [0.05, 0.1) is 24.1 Å². The van der Waals surface area contributed by atoms with Crippen LogP contribution in [0.1, 0.15) is 11.3 Å². The monoisotopic (exact) mass is 234 g/mol. The second-order valence-electron chi connectivity index (χ2n) is 3.39. The van der Waals surface area contributed by atoms with E-state index in [1.165, 1.54) is 6.33 Å². The zero-order valence-electron chi connectivity index (χ0n) is 8.81. The average Bonchev–Trinajstić information content (AvgIpc) is 2.32. The number of hydrogen-bond donors (Lipinski definition) is 1. The fourth-order valence-corrected chi connectivity index (χ4v) is 1.37. The molecule has 16 heavy (non-hydrogen) atoms. The van der Waals surface area contributed by atoms with Crippen LogP contribution in [-0.2, 0) is 6.54 Å². The molecule has 0 aliphatic rings. The van der Waals surface area contributed by atoms with Crippen LogP contribution in [0.3, 0.4) is 0 Å². The standard InChI is InChI=1S/C11H11ClN4/c1-8-4-10(6-15-11(8)12)14-5-9-2-3-13-7-16-9/h2-4,6-7,14H,5H2,1H3. The van der Waals surface area contributed by atoms with Gasteiger partial charge in [-0.05, 0) is 24.6 Å². The topological polar surface area (TPSA) is 50.7 Å². The Kier molecular flexibility index (Phi) is 3.31. The summed E-state index contributed by atoms with van der Waals surface area (Å²) in [6.45, 7) is 2.57. The summed E-state index contributed by atoms with van der Waals surface area (Å²) in [4.78, 5) is 12.0. The molecule has 2 heterocycles. The lowest BCUT2D eigenvalue weighted by Gasteiger charge is -2.06. The molecule has 0 aliphatic heterocycles. The van der Waals surface area contributed by atoms with Crippen LogP contribution < -0.4 is 5.32 Å². The molecule has 0 aliphatic carbocycles. The molecule has 0 radical (unpaired) electrons. The van der Waals surface area contributed by atoms with E-state index in [0.717, 1.165) is 16.9 Å². The van der Waals surface area contributed by atoms with Crippen LogP contribution in [0.25, 0.3) is 0 Å². The van der Waals surface area contributed by atoms with Crippen molar-refractivity contribution in [2.45, 2.75) is 13.5 Å². The molecule has 4 nitrogen and oxygen atoms in total. The number of hydrogen-bond acceptors (Lipinski definition) is 4. The number of aryl methyl sites for hydroxylation is 1. The number of anilines is 1. The van der Waals surface area contributed by atoms with E-state index < -0.39 is 0 Å².